The van der Waals surface area contributed by atoms with Crippen molar-refractivity contribution in [3.8, 4) is 11.4 Å². The highest BCUT2D eigenvalue weighted by molar-refractivity contribution is 9.10. The monoisotopic (exact) mass is 250 g/mol. The lowest BCUT2D eigenvalue weighted by Gasteiger charge is -2.00. The highest BCUT2D eigenvalue weighted by Crippen LogP contribution is 2.20. The summed E-state index contributed by atoms with van der Waals surface area (Å²) in [5, 5.41) is 0. The van der Waals surface area contributed by atoms with Crippen molar-refractivity contribution >= 4 is 15.9 Å². The summed E-state index contributed by atoms with van der Waals surface area (Å²) in [5.74, 6) is 1.01. The van der Waals surface area contributed by atoms with E-state index < -0.39 is 0 Å². The summed E-state index contributed by atoms with van der Waals surface area (Å²) in [5.41, 5.74) is 2.19. The normalized spacial score (nSPS) is 10.5. The molecule has 0 aliphatic heterocycles. The molecule has 3 heteroatoms. The average molecular weight is 251 g/mol. The highest BCUT2D eigenvalue weighted by Gasteiger charge is 2.04. The van der Waals surface area contributed by atoms with Gasteiger partial charge in [0.25, 0.3) is 0 Å². The smallest absolute Gasteiger partial charge is 0.139 e. The Morgan fingerprint density at radius 1 is 1.21 bits per heavy atom. The lowest BCUT2D eigenvalue weighted by molar-refractivity contribution is 0.924. The third-order valence-corrected chi connectivity index (χ3v) is 2.63. The van der Waals surface area contributed by atoms with Gasteiger partial charge in [0.1, 0.15) is 5.82 Å². The number of benzene rings is 1. The molecular formula is C11H11BrN2. The Kier molecular flexibility index (Phi) is 2.42. The van der Waals surface area contributed by atoms with Crippen molar-refractivity contribution in [2.24, 2.45) is 7.05 Å². The summed E-state index contributed by atoms with van der Waals surface area (Å²) in [4.78, 5) is 4.46. The van der Waals surface area contributed by atoms with Gasteiger partial charge in [-0.2, -0.15) is 0 Å². The molecule has 0 saturated carbocycles. The van der Waals surface area contributed by atoms with Crippen LogP contribution in [0.4, 0.5) is 0 Å². The molecule has 2 nitrogen and oxygen atoms in total. The van der Waals surface area contributed by atoms with E-state index in [1.54, 1.807) is 0 Å². The predicted octanol–water partition coefficient (Wildman–Crippen LogP) is 3.16. The number of halogens is 1. The molecule has 0 saturated heterocycles. The quantitative estimate of drug-likeness (QED) is 0.761. The first kappa shape index (κ1) is 9.46. The maximum atomic E-state index is 4.46. The molecule has 2 aromatic rings. The minimum Gasteiger partial charge on any atom is -0.334 e. The molecule has 0 aliphatic carbocycles. The van der Waals surface area contributed by atoms with Gasteiger partial charge in [-0.05, 0) is 19.1 Å². The van der Waals surface area contributed by atoms with Crippen LogP contribution in [0.2, 0.25) is 0 Å². The molecule has 0 aliphatic rings. The molecule has 0 N–H and O–H groups in total. The van der Waals surface area contributed by atoms with Gasteiger partial charge in [0.2, 0.25) is 0 Å². The van der Waals surface area contributed by atoms with Gasteiger partial charge in [0, 0.05) is 23.3 Å². The Bertz CT molecular complexity index is 443. The summed E-state index contributed by atoms with van der Waals surface area (Å²) < 4.78 is 3.13. The lowest BCUT2D eigenvalue weighted by atomic mass is 10.2. The fourth-order valence-electron chi connectivity index (χ4n) is 1.48. The molecule has 0 fully saturated rings. The summed E-state index contributed by atoms with van der Waals surface area (Å²) in [7, 11) is 2.01. The second kappa shape index (κ2) is 3.58. The van der Waals surface area contributed by atoms with Crippen molar-refractivity contribution in [3.63, 3.8) is 0 Å². The first-order valence-electron chi connectivity index (χ1n) is 4.43. The molecule has 0 spiro atoms. The van der Waals surface area contributed by atoms with Crippen molar-refractivity contribution in [1.29, 1.82) is 0 Å². The van der Waals surface area contributed by atoms with Gasteiger partial charge in [-0.25, -0.2) is 4.98 Å². The topological polar surface area (TPSA) is 17.8 Å². The molecule has 1 heterocycles. The zero-order valence-corrected chi connectivity index (χ0v) is 9.75. The van der Waals surface area contributed by atoms with E-state index in [9.17, 15) is 0 Å². The summed E-state index contributed by atoms with van der Waals surface area (Å²) in [6, 6.07) is 8.18. The number of aromatic nitrogens is 2. The third-order valence-electron chi connectivity index (χ3n) is 2.10. The number of rotatable bonds is 1. The Balaban J connectivity index is 2.49. The molecule has 0 radical (unpaired) electrons. The number of aryl methyl sites for hydroxylation is 2. The molecule has 1 aromatic carbocycles. The zero-order chi connectivity index (χ0) is 10.1. The minimum atomic E-state index is 1.01. The summed E-state index contributed by atoms with van der Waals surface area (Å²) in [6.45, 7) is 2.00. The molecule has 14 heavy (non-hydrogen) atoms. The Labute approximate surface area is 91.7 Å². The second-order valence-corrected chi connectivity index (χ2v) is 4.24. The lowest BCUT2D eigenvalue weighted by Crippen LogP contribution is -1.90. The largest absolute Gasteiger partial charge is 0.334 e. The molecule has 0 unspecified atom stereocenters. The number of hydrogen-bond donors (Lipinski definition) is 0. The minimum absolute atomic E-state index is 1.01. The fourth-order valence-corrected chi connectivity index (χ4v) is 1.75. The van der Waals surface area contributed by atoms with Gasteiger partial charge in [-0.3, -0.25) is 0 Å². The molecular weight excluding hydrogens is 240 g/mol. The van der Waals surface area contributed by atoms with Crippen LogP contribution in [0.3, 0.4) is 0 Å². The van der Waals surface area contributed by atoms with Crippen LogP contribution in [0.25, 0.3) is 11.4 Å². The average Bonchev–Trinajstić information content (AvgIpc) is 2.47. The van der Waals surface area contributed by atoms with Gasteiger partial charge >= 0.3 is 0 Å². The van der Waals surface area contributed by atoms with E-state index in [2.05, 4.69) is 33.0 Å². The Hall–Kier alpha value is -1.09. The first-order chi connectivity index (χ1) is 6.66. The molecule has 2 rings (SSSR count). The van der Waals surface area contributed by atoms with Crippen LogP contribution in [-0.4, -0.2) is 9.55 Å². The molecule has 0 bridgehead atoms. The predicted molar refractivity (Wildman–Crippen MR) is 61.1 cm³/mol. The molecule has 0 amide bonds. The molecule has 72 valence electrons. The highest BCUT2D eigenvalue weighted by atomic mass is 79.9. The van der Waals surface area contributed by atoms with Crippen LogP contribution in [0, 0.1) is 6.92 Å². The van der Waals surface area contributed by atoms with Crippen LogP contribution in [-0.2, 0) is 7.05 Å². The number of nitrogens with zero attached hydrogens (tertiary/aromatic N) is 2. The van der Waals surface area contributed by atoms with Gasteiger partial charge < -0.3 is 4.57 Å². The molecule has 0 atom stereocenters. The SMILES string of the molecule is Cc1cn(C)c(-c2ccc(Br)cc2)n1. The van der Waals surface area contributed by atoms with E-state index >= 15 is 0 Å². The van der Waals surface area contributed by atoms with E-state index in [-0.39, 0.29) is 0 Å². The number of imidazole rings is 1. The number of hydrogen-bond acceptors (Lipinski definition) is 1. The van der Waals surface area contributed by atoms with Crippen LogP contribution < -0.4 is 0 Å². The fraction of sp³-hybridized carbons (Fsp3) is 0.182. The van der Waals surface area contributed by atoms with Crippen molar-refractivity contribution < 1.29 is 0 Å². The van der Waals surface area contributed by atoms with Crippen molar-refractivity contribution in [1.82, 2.24) is 9.55 Å². The van der Waals surface area contributed by atoms with E-state index in [0.717, 1.165) is 21.6 Å². The maximum absolute atomic E-state index is 4.46. The first-order valence-corrected chi connectivity index (χ1v) is 5.22. The van der Waals surface area contributed by atoms with Gasteiger partial charge in [-0.1, -0.05) is 28.1 Å². The van der Waals surface area contributed by atoms with Crippen LogP contribution in [0.15, 0.2) is 34.9 Å². The van der Waals surface area contributed by atoms with Crippen molar-refractivity contribution in [2.45, 2.75) is 6.92 Å². The van der Waals surface area contributed by atoms with Crippen LogP contribution in [0.5, 0.6) is 0 Å². The van der Waals surface area contributed by atoms with E-state index in [4.69, 9.17) is 0 Å². The van der Waals surface area contributed by atoms with E-state index in [0.29, 0.717) is 0 Å². The zero-order valence-electron chi connectivity index (χ0n) is 8.16. The van der Waals surface area contributed by atoms with E-state index in [1.165, 1.54) is 0 Å². The maximum Gasteiger partial charge on any atom is 0.139 e. The van der Waals surface area contributed by atoms with Crippen molar-refractivity contribution in [2.75, 3.05) is 0 Å². The standard InChI is InChI=1S/C11H11BrN2/c1-8-7-14(2)11(13-8)9-3-5-10(12)6-4-9/h3-7H,1-2H3. The van der Waals surface area contributed by atoms with Gasteiger partial charge in [-0.15, -0.1) is 0 Å². The van der Waals surface area contributed by atoms with Gasteiger partial charge in [0.05, 0.1) is 5.69 Å². The van der Waals surface area contributed by atoms with E-state index in [1.807, 2.05) is 36.9 Å². The third kappa shape index (κ3) is 1.73. The van der Waals surface area contributed by atoms with Gasteiger partial charge in [0.15, 0.2) is 0 Å². The summed E-state index contributed by atoms with van der Waals surface area (Å²) in [6.07, 6.45) is 2.03. The Morgan fingerprint density at radius 2 is 1.86 bits per heavy atom. The Morgan fingerprint density at radius 3 is 2.36 bits per heavy atom. The second-order valence-electron chi connectivity index (χ2n) is 3.32. The summed E-state index contributed by atoms with van der Waals surface area (Å²) >= 11 is 3.41. The van der Waals surface area contributed by atoms with Crippen LogP contribution in [0.1, 0.15) is 5.69 Å². The molecule has 1 aromatic heterocycles. The van der Waals surface area contributed by atoms with Crippen LogP contribution >= 0.6 is 15.9 Å². The van der Waals surface area contributed by atoms with Crippen molar-refractivity contribution in [3.05, 3.63) is 40.6 Å².